The lowest BCUT2D eigenvalue weighted by atomic mass is 10.1. The SMILES string of the molecule is COC(=O)C1CC(=O)N(c2ccc(F)cc2OC(F)F)C1. The van der Waals surface area contributed by atoms with Crippen LogP contribution in [0.1, 0.15) is 6.42 Å². The summed E-state index contributed by atoms with van der Waals surface area (Å²) in [6.07, 6.45) is -0.0990. The first-order chi connectivity index (χ1) is 9.92. The van der Waals surface area contributed by atoms with Gasteiger partial charge in [-0.05, 0) is 12.1 Å². The molecule has 1 unspecified atom stereocenters. The fourth-order valence-corrected chi connectivity index (χ4v) is 2.17. The molecule has 21 heavy (non-hydrogen) atoms. The van der Waals surface area contributed by atoms with Crippen LogP contribution in [-0.2, 0) is 14.3 Å². The van der Waals surface area contributed by atoms with Crippen LogP contribution in [-0.4, -0.2) is 32.1 Å². The number of alkyl halides is 2. The number of carbonyl (C=O) groups excluding carboxylic acids is 2. The molecule has 0 N–H and O–H groups in total. The molecule has 1 fully saturated rings. The van der Waals surface area contributed by atoms with Gasteiger partial charge in [0.1, 0.15) is 5.82 Å². The summed E-state index contributed by atoms with van der Waals surface area (Å²) < 4.78 is 46.6. The molecule has 1 aromatic carbocycles. The van der Waals surface area contributed by atoms with Crippen LogP contribution in [0, 0.1) is 11.7 Å². The van der Waals surface area contributed by atoms with Crippen molar-refractivity contribution in [1.82, 2.24) is 0 Å². The first-order valence-corrected chi connectivity index (χ1v) is 6.05. The monoisotopic (exact) mass is 303 g/mol. The average Bonchev–Trinajstić information content (AvgIpc) is 2.79. The molecule has 2 rings (SSSR count). The zero-order valence-electron chi connectivity index (χ0n) is 11.0. The molecule has 1 aliphatic heterocycles. The molecule has 8 heteroatoms. The summed E-state index contributed by atoms with van der Waals surface area (Å²) in [6, 6.07) is 2.94. The van der Waals surface area contributed by atoms with Crippen molar-refractivity contribution in [3.05, 3.63) is 24.0 Å². The molecule has 0 bridgehead atoms. The predicted molar refractivity (Wildman–Crippen MR) is 65.5 cm³/mol. The highest BCUT2D eigenvalue weighted by Gasteiger charge is 2.37. The van der Waals surface area contributed by atoms with Crippen molar-refractivity contribution < 1.29 is 32.2 Å². The Balaban J connectivity index is 2.29. The number of benzene rings is 1. The third kappa shape index (κ3) is 3.26. The molecule has 1 saturated heterocycles. The summed E-state index contributed by atoms with van der Waals surface area (Å²) in [5.74, 6) is -2.93. The molecule has 1 atom stereocenters. The number of ether oxygens (including phenoxy) is 2. The summed E-state index contributed by atoms with van der Waals surface area (Å²) in [6.45, 7) is -3.18. The number of anilines is 1. The van der Waals surface area contributed by atoms with Gasteiger partial charge in [0.2, 0.25) is 5.91 Å². The third-order valence-electron chi connectivity index (χ3n) is 3.09. The Morgan fingerprint density at radius 3 is 2.76 bits per heavy atom. The van der Waals surface area contributed by atoms with Crippen LogP contribution in [0.25, 0.3) is 0 Å². The smallest absolute Gasteiger partial charge is 0.387 e. The highest BCUT2D eigenvalue weighted by molar-refractivity contribution is 6.00. The molecule has 5 nitrogen and oxygen atoms in total. The number of methoxy groups -OCH3 is 1. The molecule has 1 aliphatic rings. The number of amides is 1. The van der Waals surface area contributed by atoms with Crippen molar-refractivity contribution in [1.29, 1.82) is 0 Å². The number of nitrogens with zero attached hydrogens (tertiary/aromatic N) is 1. The van der Waals surface area contributed by atoms with E-state index in [1.165, 1.54) is 7.11 Å². The normalized spacial score (nSPS) is 18.2. The van der Waals surface area contributed by atoms with E-state index in [-0.39, 0.29) is 18.7 Å². The third-order valence-corrected chi connectivity index (χ3v) is 3.09. The predicted octanol–water partition coefficient (Wildman–Crippen LogP) is 1.95. The van der Waals surface area contributed by atoms with Gasteiger partial charge in [0.15, 0.2) is 5.75 Å². The van der Waals surface area contributed by atoms with Crippen molar-refractivity contribution in [2.75, 3.05) is 18.6 Å². The molecule has 114 valence electrons. The largest absolute Gasteiger partial charge is 0.469 e. The maximum atomic E-state index is 13.1. The number of carbonyl (C=O) groups is 2. The molecular weight excluding hydrogens is 291 g/mol. The van der Waals surface area contributed by atoms with Crippen molar-refractivity contribution in [3.63, 3.8) is 0 Å². The summed E-state index contributed by atoms with van der Waals surface area (Å²) in [4.78, 5) is 24.5. The van der Waals surface area contributed by atoms with Gasteiger partial charge in [-0.3, -0.25) is 9.59 Å². The van der Waals surface area contributed by atoms with Crippen LogP contribution in [0.4, 0.5) is 18.9 Å². The highest BCUT2D eigenvalue weighted by atomic mass is 19.3. The maximum Gasteiger partial charge on any atom is 0.387 e. The van der Waals surface area contributed by atoms with Gasteiger partial charge in [0.05, 0.1) is 18.7 Å². The van der Waals surface area contributed by atoms with E-state index in [0.717, 1.165) is 23.1 Å². The highest BCUT2D eigenvalue weighted by Crippen LogP contribution is 2.34. The van der Waals surface area contributed by atoms with Crippen LogP contribution in [0.5, 0.6) is 5.75 Å². The van der Waals surface area contributed by atoms with Crippen LogP contribution < -0.4 is 9.64 Å². The second-order valence-corrected chi connectivity index (χ2v) is 4.42. The van der Waals surface area contributed by atoms with E-state index < -0.39 is 36.0 Å². The Hall–Kier alpha value is -2.25. The minimum atomic E-state index is -3.15. The van der Waals surface area contributed by atoms with E-state index in [0.29, 0.717) is 0 Å². The van der Waals surface area contributed by atoms with Gasteiger partial charge in [-0.1, -0.05) is 0 Å². The first kappa shape index (κ1) is 15.1. The van der Waals surface area contributed by atoms with Crippen LogP contribution in [0.15, 0.2) is 18.2 Å². The van der Waals surface area contributed by atoms with E-state index in [9.17, 15) is 22.8 Å². The summed E-state index contributed by atoms with van der Waals surface area (Å²) in [5, 5.41) is 0. The second kappa shape index (κ2) is 6.02. The second-order valence-electron chi connectivity index (χ2n) is 4.42. The van der Waals surface area contributed by atoms with Gasteiger partial charge in [-0.2, -0.15) is 8.78 Å². The zero-order chi connectivity index (χ0) is 15.6. The van der Waals surface area contributed by atoms with Crippen molar-refractivity contribution in [2.45, 2.75) is 13.0 Å². The molecule has 0 aliphatic carbocycles. The standard InChI is InChI=1S/C13H12F3NO4/c1-20-12(19)7-4-11(18)17(6-7)9-3-2-8(14)5-10(9)21-13(15)16/h2-3,5,7,13H,4,6H2,1H3. The number of esters is 1. The van der Waals surface area contributed by atoms with E-state index in [1.54, 1.807) is 0 Å². The maximum absolute atomic E-state index is 13.1. The van der Waals surface area contributed by atoms with E-state index >= 15 is 0 Å². The van der Waals surface area contributed by atoms with Crippen LogP contribution in [0.2, 0.25) is 0 Å². The Bertz CT molecular complexity index is 564. The lowest BCUT2D eigenvalue weighted by Crippen LogP contribution is -2.27. The lowest BCUT2D eigenvalue weighted by Gasteiger charge is -2.20. The molecule has 0 radical (unpaired) electrons. The van der Waals surface area contributed by atoms with Gasteiger partial charge in [-0.15, -0.1) is 0 Å². The molecule has 0 aromatic heterocycles. The van der Waals surface area contributed by atoms with Gasteiger partial charge in [-0.25, -0.2) is 4.39 Å². The van der Waals surface area contributed by atoms with Crippen molar-refractivity contribution in [2.24, 2.45) is 5.92 Å². The average molecular weight is 303 g/mol. The van der Waals surface area contributed by atoms with E-state index in [1.807, 2.05) is 0 Å². The quantitative estimate of drug-likeness (QED) is 0.798. The van der Waals surface area contributed by atoms with Crippen LogP contribution in [0.3, 0.4) is 0 Å². The van der Waals surface area contributed by atoms with E-state index in [2.05, 4.69) is 9.47 Å². The van der Waals surface area contributed by atoms with Crippen LogP contribution >= 0.6 is 0 Å². The fourth-order valence-electron chi connectivity index (χ4n) is 2.17. The summed E-state index contributed by atoms with van der Waals surface area (Å²) in [5.41, 5.74) is -0.00639. The molecule has 1 amide bonds. The Morgan fingerprint density at radius 1 is 1.43 bits per heavy atom. The number of rotatable bonds is 4. The first-order valence-electron chi connectivity index (χ1n) is 6.05. The molecule has 1 aromatic rings. The van der Waals surface area contributed by atoms with Crippen molar-refractivity contribution >= 4 is 17.6 Å². The van der Waals surface area contributed by atoms with Gasteiger partial charge < -0.3 is 14.4 Å². The number of hydrogen-bond donors (Lipinski definition) is 0. The summed E-state index contributed by atoms with van der Waals surface area (Å²) >= 11 is 0. The number of hydrogen-bond acceptors (Lipinski definition) is 4. The molecule has 0 spiro atoms. The van der Waals surface area contributed by atoms with Gasteiger partial charge >= 0.3 is 12.6 Å². The molecule has 0 saturated carbocycles. The summed E-state index contributed by atoms with van der Waals surface area (Å²) in [7, 11) is 1.19. The fraction of sp³-hybridized carbons (Fsp3) is 0.385. The molecular formula is C13H12F3NO4. The minimum absolute atomic E-state index is 0.00639. The Kier molecular flexibility index (Phi) is 4.35. The number of halogens is 3. The van der Waals surface area contributed by atoms with Crippen molar-refractivity contribution in [3.8, 4) is 5.75 Å². The van der Waals surface area contributed by atoms with Gasteiger partial charge in [0, 0.05) is 19.0 Å². The molecule has 1 heterocycles. The Morgan fingerprint density at radius 2 is 2.14 bits per heavy atom. The van der Waals surface area contributed by atoms with E-state index in [4.69, 9.17) is 0 Å². The topological polar surface area (TPSA) is 55.8 Å². The Labute approximate surface area is 118 Å². The minimum Gasteiger partial charge on any atom is -0.469 e. The lowest BCUT2D eigenvalue weighted by molar-refractivity contribution is -0.145. The zero-order valence-corrected chi connectivity index (χ0v) is 11.0. The van der Waals surface area contributed by atoms with Gasteiger partial charge in [0.25, 0.3) is 0 Å².